The number of fused-ring (bicyclic) bond motifs is 2. The molecule has 0 radical (unpaired) electrons. The molecule has 29 heavy (non-hydrogen) atoms. The first-order valence-electron chi connectivity index (χ1n) is 10.7. The standard InChI is InChI=1S/C24H33N3O2/c1-17-14-26-20(15-25-17)16-27(4)21-10-11-23(2)12-19(18-8-6-5-7-9-18)13-24(3,29-23)22(21)28/h5-9,14-15,19,21-22,28H,10-13,16H2,1-4H3/t19-,21-,22+,23-,24-/m0/s1. The molecular weight excluding hydrogens is 362 g/mol. The average Bonchev–Trinajstić information content (AvgIpc) is 2.76. The van der Waals surface area contributed by atoms with Crippen molar-refractivity contribution in [2.45, 2.75) is 82.3 Å². The van der Waals surface area contributed by atoms with Crippen LogP contribution in [0.2, 0.25) is 0 Å². The van der Waals surface area contributed by atoms with Gasteiger partial charge in [-0.05, 0) is 65.0 Å². The van der Waals surface area contributed by atoms with E-state index in [0.717, 1.165) is 37.1 Å². The first kappa shape index (κ1) is 20.5. The highest BCUT2D eigenvalue weighted by Crippen LogP contribution is 2.50. The number of aromatic nitrogens is 2. The minimum atomic E-state index is -0.568. The maximum absolute atomic E-state index is 11.5. The smallest absolute Gasteiger partial charge is 0.0982 e. The van der Waals surface area contributed by atoms with E-state index >= 15 is 0 Å². The molecule has 2 aliphatic rings. The van der Waals surface area contributed by atoms with Gasteiger partial charge < -0.3 is 9.84 Å². The molecule has 4 rings (SSSR count). The normalized spacial score (nSPS) is 34.8. The molecule has 156 valence electrons. The molecule has 5 atom stereocenters. The fourth-order valence-corrected chi connectivity index (χ4v) is 5.38. The largest absolute Gasteiger partial charge is 0.388 e. The third-order valence-corrected chi connectivity index (χ3v) is 6.85. The highest BCUT2D eigenvalue weighted by Gasteiger charge is 2.53. The zero-order valence-electron chi connectivity index (χ0n) is 18.0. The van der Waals surface area contributed by atoms with Gasteiger partial charge in [0.15, 0.2) is 0 Å². The summed E-state index contributed by atoms with van der Waals surface area (Å²) in [4.78, 5) is 11.1. The third-order valence-electron chi connectivity index (χ3n) is 6.85. The van der Waals surface area contributed by atoms with Gasteiger partial charge in [-0.1, -0.05) is 30.3 Å². The molecule has 1 aromatic carbocycles. The van der Waals surface area contributed by atoms with Gasteiger partial charge in [0.05, 0.1) is 28.7 Å². The second-order valence-electron chi connectivity index (χ2n) is 9.50. The second kappa shape index (κ2) is 7.78. The summed E-state index contributed by atoms with van der Waals surface area (Å²) in [6.07, 6.45) is 6.76. The number of likely N-dealkylation sites (N-methyl/N-ethyl adjacent to an activating group) is 1. The number of hydrogen-bond acceptors (Lipinski definition) is 5. The average molecular weight is 396 g/mol. The summed E-state index contributed by atoms with van der Waals surface area (Å²) < 4.78 is 6.63. The van der Waals surface area contributed by atoms with E-state index in [1.807, 2.05) is 13.1 Å². The molecule has 0 spiro atoms. The van der Waals surface area contributed by atoms with Crippen LogP contribution in [-0.2, 0) is 11.3 Å². The molecule has 1 N–H and O–H groups in total. The van der Waals surface area contributed by atoms with Crippen LogP contribution in [0.3, 0.4) is 0 Å². The van der Waals surface area contributed by atoms with Gasteiger partial charge in [0.25, 0.3) is 0 Å². The van der Waals surface area contributed by atoms with Crippen LogP contribution in [0, 0.1) is 6.92 Å². The zero-order chi connectivity index (χ0) is 20.6. The molecule has 0 aliphatic carbocycles. The lowest BCUT2D eigenvalue weighted by Crippen LogP contribution is -2.57. The Morgan fingerprint density at radius 1 is 1.14 bits per heavy atom. The number of aliphatic hydroxyl groups excluding tert-OH is 1. The number of rotatable bonds is 4. The number of nitrogens with zero attached hydrogens (tertiary/aromatic N) is 3. The Morgan fingerprint density at radius 2 is 1.90 bits per heavy atom. The molecule has 2 fully saturated rings. The van der Waals surface area contributed by atoms with Crippen molar-refractivity contribution in [3.63, 3.8) is 0 Å². The first-order valence-corrected chi connectivity index (χ1v) is 10.7. The molecule has 3 heterocycles. The number of benzene rings is 1. The Hall–Kier alpha value is -1.82. The Kier molecular flexibility index (Phi) is 5.49. The van der Waals surface area contributed by atoms with Crippen molar-refractivity contribution in [2.75, 3.05) is 7.05 Å². The van der Waals surface area contributed by atoms with Crippen LogP contribution in [-0.4, -0.2) is 50.4 Å². The SMILES string of the molecule is Cc1cnc(CN(C)[C@H]2CC[C@@]3(C)C[C@H](c4ccccc4)C[C@](C)(O3)[C@@H]2O)cn1. The summed E-state index contributed by atoms with van der Waals surface area (Å²) in [5.74, 6) is 0.404. The molecule has 2 aromatic rings. The molecule has 1 aromatic heterocycles. The predicted octanol–water partition coefficient (Wildman–Crippen LogP) is 3.85. The molecule has 0 unspecified atom stereocenters. The predicted molar refractivity (Wildman–Crippen MR) is 114 cm³/mol. The molecule has 2 saturated heterocycles. The van der Waals surface area contributed by atoms with Gasteiger partial charge >= 0.3 is 0 Å². The van der Waals surface area contributed by atoms with E-state index in [4.69, 9.17) is 4.74 Å². The van der Waals surface area contributed by atoms with Gasteiger partial charge in [-0.2, -0.15) is 0 Å². The van der Waals surface area contributed by atoms with Crippen LogP contribution in [0.5, 0.6) is 0 Å². The van der Waals surface area contributed by atoms with Crippen molar-refractivity contribution < 1.29 is 9.84 Å². The monoisotopic (exact) mass is 395 g/mol. The summed E-state index contributed by atoms with van der Waals surface area (Å²) in [6.45, 7) is 6.94. The molecule has 2 aliphatic heterocycles. The molecule has 0 amide bonds. The van der Waals surface area contributed by atoms with E-state index in [1.54, 1.807) is 6.20 Å². The van der Waals surface area contributed by atoms with Gasteiger partial charge in [0.1, 0.15) is 0 Å². The lowest BCUT2D eigenvalue weighted by molar-refractivity contribution is -0.216. The number of aryl methyl sites for hydroxylation is 1. The lowest BCUT2D eigenvalue weighted by Gasteiger charge is -2.49. The molecular formula is C24H33N3O2. The molecule has 5 heteroatoms. The zero-order valence-corrected chi connectivity index (χ0v) is 18.0. The van der Waals surface area contributed by atoms with Gasteiger partial charge in [-0.3, -0.25) is 14.9 Å². The van der Waals surface area contributed by atoms with E-state index in [1.165, 1.54) is 5.56 Å². The maximum Gasteiger partial charge on any atom is 0.0982 e. The van der Waals surface area contributed by atoms with Crippen molar-refractivity contribution in [3.8, 4) is 0 Å². The van der Waals surface area contributed by atoms with Crippen molar-refractivity contribution in [2.24, 2.45) is 0 Å². The van der Waals surface area contributed by atoms with E-state index in [-0.39, 0.29) is 11.6 Å². The fraction of sp³-hybridized carbons (Fsp3) is 0.583. The number of aliphatic hydroxyl groups is 1. The van der Waals surface area contributed by atoms with Crippen molar-refractivity contribution in [1.29, 1.82) is 0 Å². The van der Waals surface area contributed by atoms with E-state index in [0.29, 0.717) is 12.5 Å². The van der Waals surface area contributed by atoms with Crippen LogP contribution >= 0.6 is 0 Å². The first-order chi connectivity index (χ1) is 13.8. The fourth-order valence-electron chi connectivity index (χ4n) is 5.38. The van der Waals surface area contributed by atoms with Gasteiger partial charge in [0, 0.05) is 25.0 Å². The molecule has 5 nitrogen and oxygen atoms in total. The van der Waals surface area contributed by atoms with E-state index < -0.39 is 11.7 Å². The van der Waals surface area contributed by atoms with Crippen LogP contribution in [0.15, 0.2) is 42.7 Å². The van der Waals surface area contributed by atoms with E-state index in [2.05, 4.69) is 66.1 Å². The molecule has 2 bridgehead atoms. The Balaban J connectivity index is 1.56. The highest BCUT2D eigenvalue weighted by molar-refractivity contribution is 5.23. The molecule has 0 saturated carbocycles. The Labute approximate surface area is 174 Å². The Morgan fingerprint density at radius 3 is 2.59 bits per heavy atom. The summed E-state index contributed by atoms with van der Waals surface area (Å²) >= 11 is 0. The van der Waals surface area contributed by atoms with Gasteiger partial charge in [-0.25, -0.2) is 0 Å². The minimum absolute atomic E-state index is 0.0273. The summed E-state index contributed by atoms with van der Waals surface area (Å²) in [7, 11) is 2.07. The summed E-state index contributed by atoms with van der Waals surface area (Å²) in [5, 5.41) is 11.5. The van der Waals surface area contributed by atoms with Crippen molar-refractivity contribution in [1.82, 2.24) is 14.9 Å². The van der Waals surface area contributed by atoms with Crippen LogP contribution < -0.4 is 0 Å². The summed E-state index contributed by atoms with van der Waals surface area (Å²) in [5.41, 5.74) is 2.41. The van der Waals surface area contributed by atoms with Crippen molar-refractivity contribution >= 4 is 0 Å². The van der Waals surface area contributed by atoms with E-state index in [9.17, 15) is 5.11 Å². The minimum Gasteiger partial charge on any atom is -0.388 e. The van der Waals surface area contributed by atoms with Gasteiger partial charge in [0.2, 0.25) is 0 Å². The number of ether oxygens (including phenoxy) is 1. The van der Waals surface area contributed by atoms with Crippen LogP contribution in [0.4, 0.5) is 0 Å². The van der Waals surface area contributed by atoms with Crippen LogP contribution in [0.25, 0.3) is 0 Å². The quantitative estimate of drug-likeness (QED) is 0.852. The van der Waals surface area contributed by atoms with Crippen LogP contribution in [0.1, 0.15) is 62.4 Å². The topological polar surface area (TPSA) is 58.5 Å². The Bertz CT molecular complexity index is 828. The third kappa shape index (κ3) is 4.23. The lowest BCUT2D eigenvalue weighted by atomic mass is 9.74. The van der Waals surface area contributed by atoms with Gasteiger partial charge in [-0.15, -0.1) is 0 Å². The van der Waals surface area contributed by atoms with Crippen molar-refractivity contribution in [3.05, 3.63) is 59.7 Å². The highest BCUT2D eigenvalue weighted by atomic mass is 16.5. The maximum atomic E-state index is 11.5. The second-order valence-corrected chi connectivity index (χ2v) is 9.50. The summed E-state index contributed by atoms with van der Waals surface area (Å²) in [6, 6.07) is 10.7. The number of hydrogen-bond donors (Lipinski definition) is 1.